The van der Waals surface area contributed by atoms with Crippen LogP contribution in [0.1, 0.15) is 13.3 Å². The highest BCUT2D eigenvalue weighted by molar-refractivity contribution is 6.74. The van der Waals surface area contributed by atoms with Gasteiger partial charge in [0.15, 0.2) is 0 Å². The summed E-state index contributed by atoms with van der Waals surface area (Å²) in [5.74, 6) is 0. The molecule has 0 aliphatic heterocycles. The van der Waals surface area contributed by atoms with Gasteiger partial charge in [0.25, 0.3) is 0 Å². The summed E-state index contributed by atoms with van der Waals surface area (Å²) in [5, 5.41) is 0. The Balaban J connectivity index is 5.01. The minimum Gasteiger partial charge on any atom is -0.281 e. The summed E-state index contributed by atoms with van der Waals surface area (Å²) in [4.78, 5) is 32.8. The first-order valence-corrected chi connectivity index (χ1v) is 5.61. The van der Waals surface area contributed by atoms with Gasteiger partial charge in [0.05, 0.1) is 0 Å². The lowest BCUT2D eigenvalue weighted by Crippen LogP contribution is -2.46. The van der Waals surface area contributed by atoms with Gasteiger partial charge >= 0.3 is 8.72 Å². The lowest BCUT2D eigenvalue weighted by molar-refractivity contribution is 0.564. The highest BCUT2D eigenvalue weighted by Gasteiger charge is 2.36. The molecule has 74 valence electrons. The molecule has 0 unspecified atom stereocenters. The molecule has 0 aliphatic rings. The van der Waals surface area contributed by atoms with Crippen LogP contribution in [-0.4, -0.2) is 33.5 Å². The van der Waals surface area contributed by atoms with Gasteiger partial charge < -0.3 is 0 Å². The Hall–Kier alpha value is -1.68. The Morgan fingerprint density at radius 3 is 1.79 bits per heavy atom. The second-order valence-corrected chi connectivity index (χ2v) is 4.47. The van der Waals surface area contributed by atoms with E-state index >= 15 is 0 Å². The first-order chi connectivity index (χ1) is 6.74. The van der Waals surface area contributed by atoms with Gasteiger partial charge in [-0.15, -0.1) is 0 Å². The average Bonchev–Trinajstić information content (AvgIpc) is 2.16. The lowest BCUT2D eigenvalue weighted by Gasteiger charge is -2.10. The molecule has 0 spiro atoms. The summed E-state index contributed by atoms with van der Waals surface area (Å²) < 4.78 is 9.71. The molecule has 0 saturated heterocycles. The zero-order valence-corrected chi connectivity index (χ0v) is 8.48. The Bertz CT molecular complexity index is 280. The van der Waals surface area contributed by atoms with Crippen molar-refractivity contribution in [1.82, 2.24) is 4.98 Å². The molecule has 1 N–H and O–H groups in total. The summed E-state index contributed by atoms with van der Waals surface area (Å²) in [5.41, 5.74) is 0. The molecule has 0 aromatic rings. The molecule has 0 aromatic heterocycles. The van der Waals surface area contributed by atoms with Crippen molar-refractivity contribution in [3.05, 3.63) is 0 Å². The van der Waals surface area contributed by atoms with E-state index in [1.165, 1.54) is 18.2 Å². The highest BCUT2D eigenvalue weighted by Crippen LogP contribution is 2.01. The van der Waals surface area contributed by atoms with E-state index in [1.807, 2.05) is 6.92 Å². The van der Waals surface area contributed by atoms with Gasteiger partial charge in [-0.05, 0) is 13.0 Å². The number of nitrogens with zero attached hydrogens (tertiary/aromatic N) is 3. The maximum Gasteiger partial charge on any atom is 0.556 e. The fourth-order valence-corrected chi connectivity index (χ4v) is 2.03. The zero-order valence-electron chi connectivity index (χ0n) is 7.48. The molecule has 0 bridgehead atoms. The van der Waals surface area contributed by atoms with Crippen molar-refractivity contribution in [1.29, 1.82) is 0 Å². The molecule has 0 fully saturated rings. The Kier molecular flexibility index (Phi) is 5.98. The molecular weight excluding hydrogens is 204 g/mol. The van der Waals surface area contributed by atoms with Crippen LogP contribution in [0.25, 0.3) is 0 Å². The Labute approximate surface area is 81.0 Å². The van der Waals surface area contributed by atoms with Crippen molar-refractivity contribution in [3.63, 3.8) is 0 Å². The molecule has 0 saturated carbocycles. The van der Waals surface area contributed by atoms with Crippen LogP contribution in [0.4, 0.5) is 0 Å². The molecule has 0 aliphatic carbocycles. The second-order valence-electron chi connectivity index (χ2n) is 2.17. The molecule has 0 amide bonds. The van der Waals surface area contributed by atoms with E-state index in [0.717, 1.165) is 0 Å². The maximum atomic E-state index is 10.1. The molecule has 14 heavy (non-hydrogen) atoms. The number of hydrogen-bond donors (Lipinski definition) is 1. The summed E-state index contributed by atoms with van der Waals surface area (Å²) in [6, 6.07) is 0. The van der Waals surface area contributed by atoms with Crippen molar-refractivity contribution in [2.24, 2.45) is 14.0 Å². The zero-order chi connectivity index (χ0) is 10.9. The largest absolute Gasteiger partial charge is 0.556 e. The van der Waals surface area contributed by atoms with E-state index in [1.54, 1.807) is 0 Å². The van der Waals surface area contributed by atoms with E-state index in [4.69, 9.17) is 0 Å². The smallest absolute Gasteiger partial charge is 0.281 e. The highest BCUT2D eigenvalue weighted by atomic mass is 28.4. The number of hydrogen-bond acceptors (Lipinski definition) is 7. The summed E-state index contributed by atoms with van der Waals surface area (Å²) >= 11 is 0. The number of carbonyl (C=O) groups excluding carboxylic acids is 3. The standard InChI is InChI=1S/C6H8N4O3Si/c1-2-3-7-14(8-4-11,9-5-12)10-6-13/h7H,2-3H2,1H3. The number of rotatable bonds is 6. The molecule has 8 heteroatoms. The van der Waals surface area contributed by atoms with Gasteiger partial charge in [0.2, 0.25) is 18.2 Å². The molecular formula is C6H8N4O3Si. The molecule has 0 heterocycles. The Morgan fingerprint density at radius 2 is 1.50 bits per heavy atom. The lowest BCUT2D eigenvalue weighted by atomic mass is 10.5. The van der Waals surface area contributed by atoms with Gasteiger partial charge in [-0.1, -0.05) is 6.92 Å². The molecule has 7 nitrogen and oxygen atoms in total. The fraction of sp³-hybridized carbons (Fsp3) is 0.500. The monoisotopic (exact) mass is 212 g/mol. The van der Waals surface area contributed by atoms with Crippen LogP contribution in [0.3, 0.4) is 0 Å². The molecule has 0 atom stereocenters. The SMILES string of the molecule is CCCN[Si](N=C=O)(N=C=O)N=C=O. The van der Waals surface area contributed by atoms with Crippen molar-refractivity contribution in [2.45, 2.75) is 13.3 Å². The predicted octanol–water partition coefficient (Wildman–Crippen LogP) is -0.571. The molecule has 0 rings (SSSR count). The third kappa shape index (κ3) is 3.82. The normalized spacial score (nSPS) is 12.6. The van der Waals surface area contributed by atoms with Crippen LogP contribution in [0.15, 0.2) is 14.0 Å². The van der Waals surface area contributed by atoms with Gasteiger partial charge in [0, 0.05) is 0 Å². The van der Waals surface area contributed by atoms with Crippen LogP contribution in [0.2, 0.25) is 0 Å². The van der Waals surface area contributed by atoms with Crippen LogP contribution >= 0.6 is 0 Å². The van der Waals surface area contributed by atoms with Crippen LogP contribution in [-0.2, 0) is 14.4 Å². The van der Waals surface area contributed by atoms with Crippen molar-refractivity contribution in [3.8, 4) is 0 Å². The van der Waals surface area contributed by atoms with Crippen molar-refractivity contribution >= 4 is 27.0 Å². The minimum atomic E-state index is -3.46. The van der Waals surface area contributed by atoms with E-state index in [2.05, 4.69) is 19.0 Å². The van der Waals surface area contributed by atoms with E-state index in [0.29, 0.717) is 13.0 Å². The Morgan fingerprint density at radius 1 is 1.07 bits per heavy atom. The molecule has 0 aromatic carbocycles. The fourth-order valence-electron chi connectivity index (χ4n) is 0.677. The number of isocyanates is 3. The first kappa shape index (κ1) is 12.3. The summed E-state index contributed by atoms with van der Waals surface area (Å²) in [6.45, 7) is 2.28. The van der Waals surface area contributed by atoms with Gasteiger partial charge in [-0.3, -0.25) is 4.98 Å². The van der Waals surface area contributed by atoms with Crippen molar-refractivity contribution < 1.29 is 14.4 Å². The van der Waals surface area contributed by atoms with E-state index in [9.17, 15) is 14.4 Å². The van der Waals surface area contributed by atoms with Gasteiger partial charge in [-0.2, -0.15) is 14.0 Å². The van der Waals surface area contributed by atoms with Crippen LogP contribution in [0, 0.1) is 0 Å². The number of nitrogens with one attached hydrogen (secondary N) is 1. The van der Waals surface area contributed by atoms with E-state index < -0.39 is 8.72 Å². The third-order valence-corrected chi connectivity index (χ3v) is 3.15. The second kappa shape index (κ2) is 6.79. The predicted molar refractivity (Wildman–Crippen MR) is 48.4 cm³/mol. The topological polar surface area (TPSA) is 100 Å². The summed E-state index contributed by atoms with van der Waals surface area (Å²) in [6.07, 6.45) is 4.36. The van der Waals surface area contributed by atoms with Crippen LogP contribution in [0.5, 0.6) is 0 Å². The van der Waals surface area contributed by atoms with E-state index in [-0.39, 0.29) is 0 Å². The van der Waals surface area contributed by atoms with Gasteiger partial charge in [0.1, 0.15) is 0 Å². The average molecular weight is 212 g/mol. The molecule has 0 radical (unpaired) electrons. The minimum absolute atomic E-state index is 0.424. The van der Waals surface area contributed by atoms with Crippen molar-refractivity contribution in [2.75, 3.05) is 6.54 Å². The first-order valence-electron chi connectivity index (χ1n) is 3.76. The maximum absolute atomic E-state index is 10.1. The van der Waals surface area contributed by atoms with Gasteiger partial charge in [-0.25, -0.2) is 14.4 Å². The third-order valence-electron chi connectivity index (χ3n) is 1.22. The van der Waals surface area contributed by atoms with Crippen LogP contribution < -0.4 is 4.98 Å². The quantitative estimate of drug-likeness (QED) is 0.362. The summed E-state index contributed by atoms with van der Waals surface area (Å²) in [7, 11) is -3.46.